The molecule has 0 radical (unpaired) electrons. The molecule has 0 spiro atoms. The average molecular weight is 422 g/mol. The number of carbonyl (C=O) groups excluding carboxylic acids is 1. The van der Waals surface area contributed by atoms with E-state index in [1.54, 1.807) is 18.3 Å². The van der Waals surface area contributed by atoms with E-state index < -0.39 is 0 Å². The number of hydrogen-bond donors (Lipinski definition) is 0. The van der Waals surface area contributed by atoms with Gasteiger partial charge in [0.05, 0.1) is 33.8 Å². The van der Waals surface area contributed by atoms with E-state index >= 15 is 0 Å². The molecule has 4 rings (SSSR count). The van der Waals surface area contributed by atoms with Crippen molar-refractivity contribution in [1.29, 1.82) is 0 Å². The molecular formula is C19H17Cl2N3O2S. The molecule has 0 N–H and O–H groups in total. The van der Waals surface area contributed by atoms with E-state index in [1.807, 2.05) is 17.7 Å². The third kappa shape index (κ3) is 3.80. The first kappa shape index (κ1) is 18.6. The summed E-state index contributed by atoms with van der Waals surface area (Å²) in [6.45, 7) is 3.48. The van der Waals surface area contributed by atoms with E-state index in [9.17, 15) is 4.79 Å². The minimum atomic E-state index is -0.389. The van der Waals surface area contributed by atoms with Gasteiger partial charge in [0.2, 0.25) is 0 Å². The number of aromatic nitrogens is 2. The molecule has 3 aromatic rings. The number of halogens is 2. The summed E-state index contributed by atoms with van der Waals surface area (Å²) in [5, 5.41) is 1.34. The fourth-order valence-corrected chi connectivity index (χ4v) is 4.48. The van der Waals surface area contributed by atoms with Crippen LogP contribution in [0.5, 0.6) is 0 Å². The minimum Gasteiger partial charge on any atom is -0.376 e. The second-order valence-corrected chi connectivity index (χ2v) is 8.45. The van der Waals surface area contributed by atoms with Gasteiger partial charge in [-0.05, 0) is 38.0 Å². The summed E-state index contributed by atoms with van der Waals surface area (Å²) in [6.07, 6.45) is 5.89. The zero-order valence-corrected chi connectivity index (χ0v) is 16.9. The monoisotopic (exact) mass is 421 g/mol. The molecule has 27 heavy (non-hydrogen) atoms. The number of aryl methyl sites for hydroxylation is 1. The predicted octanol–water partition coefficient (Wildman–Crippen LogP) is 4.63. The molecule has 1 aliphatic heterocycles. The van der Waals surface area contributed by atoms with Crippen LogP contribution in [0.1, 0.15) is 28.1 Å². The molecule has 0 bridgehead atoms. The lowest BCUT2D eigenvalue weighted by atomic mass is 10.1. The maximum absolute atomic E-state index is 12.9. The molecule has 0 saturated carbocycles. The smallest absolute Gasteiger partial charge is 0.281 e. The third-order valence-corrected chi connectivity index (χ3v) is 6.21. The first-order valence-corrected chi connectivity index (χ1v) is 10.2. The van der Waals surface area contributed by atoms with Crippen LogP contribution in [-0.4, -0.2) is 28.2 Å². The summed E-state index contributed by atoms with van der Waals surface area (Å²) < 4.78 is 7.70. The van der Waals surface area contributed by atoms with Crippen LogP contribution in [0.3, 0.4) is 0 Å². The molecule has 1 saturated heterocycles. The highest BCUT2D eigenvalue weighted by Crippen LogP contribution is 2.32. The number of benzene rings is 1. The molecule has 5 nitrogen and oxygen atoms in total. The van der Waals surface area contributed by atoms with Crippen LogP contribution in [0, 0.1) is 6.92 Å². The number of ether oxygens (including phenoxy) is 1. The van der Waals surface area contributed by atoms with Crippen molar-refractivity contribution in [1.82, 2.24) is 9.55 Å². The fourth-order valence-electron chi connectivity index (χ4n) is 3.22. The van der Waals surface area contributed by atoms with Crippen molar-refractivity contribution in [2.45, 2.75) is 32.4 Å². The van der Waals surface area contributed by atoms with Crippen molar-refractivity contribution in [2.24, 2.45) is 4.99 Å². The normalized spacial score (nSPS) is 17.7. The van der Waals surface area contributed by atoms with Crippen LogP contribution in [0.4, 0.5) is 0 Å². The highest BCUT2D eigenvalue weighted by molar-refractivity contribution is 7.09. The van der Waals surface area contributed by atoms with Gasteiger partial charge >= 0.3 is 0 Å². The van der Waals surface area contributed by atoms with E-state index in [-0.39, 0.29) is 12.0 Å². The van der Waals surface area contributed by atoms with E-state index in [0.717, 1.165) is 24.3 Å². The number of fused-ring (bicyclic) bond motifs is 1. The van der Waals surface area contributed by atoms with Gasteiger partial charge in [-0.3, -0.25) is 9.78 Å². The quantitative estimate of drug-likeness (QED) is 0.618. The first-order valence-electron chi connectivity index (χ1n) is 8.63. The fraction of sp³-hybridized carbons (Fsp3) is 0.316. The number of hydrogen-bond acceptors (Lipinski definition) is 4. The van der Waals surface area contributed by atoms with E-state index in [1.165, 1.54) is 17.4 Å². The number of thiazole rings is 1. The van der Waals surface area contributed by atoms with Gasteiger partial charge < -0.3 is 9.30 Å². The van der Waals surface area contributed by atoms with Gasteiger partial charge in [0.1, 0.15) is 0 Å². The molecule has 0 aliphatic carbocycles. The molecule has 1 atom stereocenters. The number of rotatable bonds is 3. The summed E-state index contributed by atoms with van der Waals surface area (Å²) in [6, 6.07) is 5.09. The molecule has 8 heteroatoms. The van der Waals surface area contributed by atoms with Crippen LogP contribution in [-0.2, 0) is 11.3 Å². The Kier molecular flexibility index (Phi) is 5.32. The second kappa shape index (κ2) is 7.72. The Balaban J connectivity index is 1.76. The van der Waals surface area contributed by atoms with Crippen molar-refractivity contribution in [3.8, 4) is 0 Å². The molecule has 1 fully saturated rings. The number of pyridine rings is 1. The standard InChI is InChI=1S/C19H17Cl2N3O2S/c1-11-9-24(10-12-4-3-7-26-12)19(27-11)23-18(25)14-8-15(20)16(21)13-5-2-6-22-17(13)14/h2,5-6,8-9,12H,3-4,7,10H2,1H3. The maximum Gasteiger partial charge on any atom is 0.281 e. The van der Waals surface area contributed by atoms with E-state index in [4.69, 9.17) is 27.9 Å². The zero-order valence-electron chi connectivity index (χ0n) is 14.6. The van der Waals surface area contributed by atoms with Gasteiger partial charge in [0.25, 0.3) is 5.91 Å². The Morgan fingerprint density at radius 3 is 3.11 bits per heavy atom. The van der Waals surface area contributed by atoms with Crippen LogP contribution >= 0.6 is 34.5 Å². The predicted molar refractivity (Wildman–Crippen MR) is 108 cm³/mol. The number of nitrogens with zero attached hydrogens (tertiary/aromatic N) is 3. The Labute approximate surface area is 170 Å². The molecule has 1 aliphatic rings. The van der Waals surface area contributed by atoms with Crippen molar-refractivity contribution < 1.29 is 9.53 Å². The van der Waals surface area contributed by atoms with E-state index in [0.29, 0.717) is 37.9 Å². The summed E-state index contributed by atoms with van der Waals surface area (Å²) in [7, 11) is 0. The van der Waals surface area contributed by atoms with Gasteiger partial charge in [0, 0.05) is 29.3 Å². The Morgan fingerprint density at radius 1 is 1.48 bits per heavy atom. The van der Waals surface area contributed by atoms with Crippen molar-refractivity contribution >= 4 is 51.3 Å². The zero-order chi connectivity index (χ0) is 19.0. The molecule has 1 unspecified atom stereocenters. The summed E-state index contributed by atoms with van der Waals surface area (Å²) in [5.74, 6) is -0.389. The van der Waals surface area contributed by atoms with Crippen LogP contribution in [0.2, 0.25) is 10.0 Å². The lowest BCUT2D eigenvalue weighted by Gasteiger charge is -2.10. The topological polar surface area (TPSA) is 56.5 Å². The Morgan fingerprint density at radius 2 is 2.33 bits per heavy atom. The summed E-state index contributed by atoms with van der Waals surface area (Å²) >= 11 is 13.9. The maximum atomic E-state index is 12.9. The average Bonchev–Trinajstić information content (AvgIpc) is 3.28. The molecule has 1 aromatic carbocycles. The van der Waals surface area contributed by atoms with Crippen LogP contribution in [0.15, 0.2) is 35.6 Å². The molecular weight excluding hydrogens is 405 g/mol. The molecule has 3 heterocycles. The van der Waals surface area contributed by atoms with Crippen LogP contribution in [0.25, 0.3) is 10.9 Å². The highest BCUT2D eigenvalue weighted by Gasteiger charge is 2.19. The number of carbonyl (C=O) groups is 1. The van der Waals surface area contributed by atoms with Gasteiger partial charge in [0.15, 0.2) is 4.80 Å². The minimum absolute atomic E-state index is 0.167. The van der Waals surface area contributed by atoms with Gasteiger partial charge in [-0.2, -0.15) is 4.99 Å². The second-order valence-electron chi connectivity index (χ2n) is 6.45. The van der Waals surface area contributed by atoms with Gasteiger partial charge in [-0.1, -0.05) is 23.2 Å². The Hall–Kier alpha value is -1.73. The van der Waals surface area contributed by atoms with Gasteiger partial charge in [-0.15, -0.1) is 11.3 Å². The molecule has 140 valence electrons. The van der Waals surface area contributed by atoms with Crippen molar-refractivity contribution in [3.63, 3.8) is 0 Å². The lowest BCUT2D eigenvalue weighted by Crippen LogP contribution is -2.23. The molecule has 2 aromatic heterocycles. The lowest BCUT2D eigenvalue weighted by molar-refractivity contribution is 0.0950. The van der Waals surface area contributed by atoms with Crippen molar-refractivity contribution in [3.05, 3.63) is 55.9 Å². The molecule has 1 amide bonds. The van der Waals surface area contributed by atoms with Gasteiger partial charge in [-0.25, -0.2) is 0 Å². The third-order valence-electron chi connectivity index (χ3n) is 4.47. The Bertz CT molecular complexity index is 1080. The highest BCUT2D eigenvalue weighted by atomic mass is 35.5. The summed E-state index contributed by atoms with van der Waals surface area (Å²) in [5.41, 5.74) is 0.842. The number of amides is 1. The van der Waals surface area contributed by atoms with Crippen LogP contribution < -0.4 is 4.80 Å². The van der Waals surface area contributed by atoms with Crippen molar-refractivity contribution in [2.75, 3.05) is 6.61 Å². The summed E-state index contributed by atoms with van der Waals surface area (Å²) in [4.78, 5) is 23.3. The largest absolute Gasteiger partial charge is 0.376 e. The first-order chi connectivity index (χ1) is 13.0. The van der Waals surface area contributed by atoms with E-state index in [2.05, 4.69) is 9.98 Å². The SMILES string of the molecule is Cc1cn(CC2CCCO2)c(=NC(=O)c2cc(Cl)c(Cl)c3cccnc23)s1.